The zero-order chi connectivity index (χ0) is 14.4. The van der Waals surface area contributed by atoms with Crippen molar-refractivity contribution in [3.05, 3.63) is 0 Å². The Morgan fingerprint density at radius 2 is 1.53 bits per heavy atom. The minimum absolute atomic E-state index is 0.160. The molecule has 1 amide bonds. The highest BCUT2D eigenvalue weighted by Gasteiger charge is 2.23. The van der Waals surface area contributed by atoms with Gasteiger partial charge in [0.1, 0.15) is 0 Å². The molecule has 0 saturated carbocycles. The second-order valence-corrected chi connectivity index (χ2v) is 5.00. The summed E-state index contributed by atoms with van der Waals surface area (Å²) in [5.41, 5.74) is 0. The van der Waals surface area contributed by atoms with E-state index < -0.39 is 25.0 Å². The summed E-state index contributed by atoms with van der Waals surface area (Å²) in [5, 5.41) is 17.4. The number of likely N-dealkylation sites (tertiary alicyclic amines) is 1. The highest BCUT2D eigenvalue weighted by Crippen LogP contribution is 2.16. The van der Waals surface area contributed by atoms with E-state index in [0.717, 1.165) is 17.7 Å². The van der Waals surface area contributed by atoms with Crippen LogP contribution in [-0.2, 0) is 14.4 Å². The Kier molecular flexibility index (Phi) is 5.75. The standard InChI is InChI=1S/C12H20N2O5/c1-9-2-4-14(5-3-9)10(15)6-13(7-11(16)17)8-12(18)19/h9H,2-8H2,1H3,(H,16,17)(H,18,19). The molecule has 1 fully saturated rings. The number of amides is 1. The largest absolute Gasteiger partial charge is 0.480 e. The molecule has 0 aromatic carbocycles. The first-order valence-electron chi connectivity index (χ1n) is 6.32. The van der Waals surface area contributed by atoms with E-state index in [2.05, 4.69) is 6.92 Å². The number of carbonyl (C=O) groups is 3. The van der Waals surface area contributed by atoms with Crippen LogP contribution in [0.5, 0.6) is 0 Å². The van der Waals surface area contributed by atoms with Gasteiger partial charge in [0.05, 0.1) is 19.6 Å². The number of nitrogens with zero attached hydrogens (tertiary/aromatic N) is 2. The highest BCUT2D eigenvalue weighted by molar-refractivity contribution is 5.80. The summed E-state index contributed by atoms with van der Waals surface area (Å²) in [7, 11) is 0. The van der Waals surface area contributed by atoms with E-state index in [9.17, 15) is 14.4 Å². The summed E-state index contributed by atoms with van der Waals surface area (Å²) in [6, 6.07) is 0. The van der Waals surface area contributed by atoms with Gasteiger partial charge in [0, 0.05) is 13.1 Å². The Bertz CT molecular complexity index is 334. The van der Waals surface area contributed by atoms with Crippen LogP contribution in [0.4, 0.5) is 0 Å². The van der Waals surface area contributed by atoms with E-state index in [0.29, 0.717) is 19.0 Å². The Balaban J connectivity index is 2.50. The van der Waals surface area contributed by atoms with Crippen LogP contribution in [0.3, 0.4) is 0 Å². The molecule has 0 aromatic rings. The summed E-state index contributed by atoms with van der Waals surface area (Å²) >= 11 is 0. The van der Waals surface area contributed by atoms with E-state index in [-0.39, 0.29) is 12.5 Å². The van der Waals surface area contributed by atoms with E-state index >= 15 is 0 Å². The van der Waals surface area contributed by atoms with Crippen LogP contribution in [0, 0.1) is 5.92 Å². The number of hydrogen-bond acceptors (Lipinski definition) is 4. The van der Waals surface area contributed by atoms with Crippen molar-refractivity contribution >= 4 is 17.8 Å². The van der Waals surface area contributed by atoms with E-state index in [1.807, 2.05) is 0 Å². The average Bonchev–Trinajstić information content (AvgIpc) is 2.27. The fourth-order valence-electron chi connectivity index (χ4n) is 2.10. The third-order valence-electron chi connectivity index (χ3n) is 3.21. The smallest absolute Gasteiger partial charge is 0.317 e. The first-order chi connectivity index (χ1) is 8.88. The van der Waals surface area contributed by atoms with Crippen LogP contribution in [0.2, 0.25) is 0 Å². The lowest BCUT2D eigenvalue weighted by Gasteiger charge is -2.31. The minimum atomic E-state index is -1.14. The second kappa shape index (κ2) is 7.08. The molecule has 2 N–H and O–H groups in total. The van der Waals surface area contributed by atoms with Crippen LogP contribution in [0.25, 0.3) is 0 Å². The number of hydrogen-bond donors (Lipinski definition) is 2. The molecule has 7 heteroatoms. The lowest BCUT2D eigenvalue weighted by molar-refractivity contribution is -0.143. The van der Waals surface area contributed by atoms with Crippen LogP contribution >= 0.6 is 0 Å². The van der Waals surface area contributed by atoms with Gasteiger partial charge in [-0.2, -0.15) is 0 Å². The molecule has 0 radical (unpaired) electrons. The van der Waals surface area contributed by atoms with E-state index in [1.165, 1.54) is 0 Å². The van der Waals surface area contributed by atoms with Gasteiger partial charge in [0.2, 0.25) is 5.91 Å². The van der Waals surface area contributed by atoms with Crippen molar-refractivity contribution in [1.82, 2.24) is 9.80 Å². The number of rotatable bonds is 6. The number of carboxylic acid groups (broad SMARTS) is 2. The first-order valence-corrected chi connectivity index (χ1v) is 6.32. The third-order valence-corrected chi connectivity index (χ3v) is 3.21. The number of piperidine rings is 1. The maximum absolute atomic E-state index is 12.0. The van der Waals surface area contributed by atoms with Crippen molar-refractivity contribution in [2.24, 2.45) is 5.92 Å². The van der Waals surface area contributed by atoms with Crippen LogP contribution < -0.4 is 0 Å². The van der Waals surface area contributed by atoms with Gasteiger partial charge in [-0.15, -0.1) is 0 Å². The zero-order valence-corrected chi connectivity index (χ0v) is 11.0. The van der Waals surface area contributed by atoms with Gasteiger partial charge >= 0.3 is 11.9 Å². The van der Waals surface area contributed by atoms with Crippen molar-refractivity contribution in [2.75, 3.05) is 32.7 Å². The quantitative estimate of drug-likeness (QED) is 0.690. The van der Waals surface area contributed by atoms with Crippen LogP contribution in [-0.4, -0.2) is 70.6 Å². The van der Waals surface area contributed by atoms with Crippen molar-refractivity contribution in [3.63, 3.8) is 0 Å². The lowest BCUT2D eigenvalue weighted by atomic mass is 9.99. The zero-order valence-electron chi connectivity index (χ0n) is 11.0. The van der Waals surface area contributed by atoms with Crippen molar-refractivity contribution in [2.45, 2.75) is 19.8 Å². The number of aliphatic carboxylic acids is 2. The monoisotopic (exact) mass is 272 g/mol. The molecule has 1 saturated heterocycles. The molecule has 1 rings (SSSR count). The summed E-state index contributed by atoms with van der Waals surface area (Å²) < 4.78 is 0. The third kappa shape index (κ3) is 5.69. The Labute approximate surface area is 111 Å². The van der Waals surface area contributed by atoms with E-state index in [4.69, 9.17) is 10.2 Å². The van der Waals surface area contributed by atoms with Gasteiger partial charge in [-0.25, -0.2) is 0 Å². The molecule has 1 heterocycles. The van der Waals surface area contributed by atoms with Gasteiger partial charge < -0.3 is 15.1 Å². The van der Waals surface area contributed by atoms with Gasteiger partial charge in [0.15, 0.2) is 0 Å². The van der Waals surface area contributed by atoms with Crippen LogP contribution in [0.1, 0.15) is 19.8 Å². The summed E-state index contributed by atoms with van der Waals surface area (Å²) in [5.74, 6) is -1.88. The Morgan fingerprint density at radius 1 is 1.05 bits per heavy atom. The average molecular weight is 272 g/mol. The summed E-state index contributed by atoms with van der Waals surface area (Å²) in [4.78, 5) is 36.0. The van der Waals surface area contributed by atoms with Gasteiger partial charge in [0.25, 0.3) is 0 Å². The predicted octanol–water partition coefficient (Wildman–Crippen LogP) is -0.284. The maximum Gasteiger partial charge on any atom is 0.317 e. The number of carboxylic acids is 2. The molecule has 0 bridgehead atoms. The topological polar surface area (TPSA) is 98.2 Å². The van der Waals surface area contributed by atoms with Crippen molar-refractivity contribution < 1.29 is 24.6 Å². The Hall–Kier alpha value is -1.63. The van der Waals surface area contributed by atoms with Gasteiger partial charge in [-0.05, 0) is 18.8 Å². The molecule has 1 aliphatic rings. The highest BCUT2D eigenvalue weighted by atomic mass is 16.4. The molecule has 108 valence electrons. The SMILES string of the molecule is CC1CCN(C(=O)CN(CC(=O)O)CC(=O)O)CC1. The molecular weight excluding hydrogens is 252 g/mol. The predicted molar refractivity (Wildman–Crippen MR) is 66.7 cm³/mol. The van der Waals surface area contributed by atoms with Gasteiger partial charge in [-0.1, -0.05) is 6.92 Å². The van der Waals surface area contributed by atoms with Crippen molar-refractivity contribution in [3.8, 4) is 0 Å². The molecule has 0 aromatic heterocycles. The fraction of sp³-hybridized carbons (Fsp3) is 0.750. The lowest BCUT2D eigenvalue weighted by Crippen LogP contribution is -2.46. The molecule has 19 heavy (non-hydrogen) atoms. The molecule has 0 spiro atoms. The fourth-order valence-corrected chi connectivity index (χ4v) is 2.10. The van der Waals surface area contributed by atoms with Crippen LogP contribution in [0.15, 0.2) is 0 Å². The van der Waals surface area contributed by atoms with Gasteiger partial charge in [-0.3, -0.25) is 19.3 Å². The molecule has 1 aliphatic heterocycles. The second-order valence-electron chi connectivity index (χ2n) is 5.00. The molecule has 0 aliphatic carbocycles. The first kappa shape index (κ1) is 15.4. The number of carbonyl (C=O) groups excluding carboxylic acids is 1. The molecule has 7 nitrogen and oxygen atoms in total. The summed E-state index contributed by atoms with van der Waals surface area (Å²) in [6.07, 6.45) is 1.87. The maximum atomic E-state index is 12.0. The van der Waals surface area contributed by atoms with E-state index in [1.54, 1.807) is 4.90 Å². The van der Waals surface area contributed by atoms with Crippen molar-refractivity contribution in [1.29, 1.82) is 0 Å². The molecule has 0 atom stereocenters. The molecular formula is C12H20N2O5. The normalized spacial score (nSPS) is 16.6. The minimum Gasteiger partial charge on any atom is -0.480 e. The Morgan fingerprint density at radius 3 is 1.95 bits per heavy atom. The molecule has 0 unspecified atom stereocenters. The summed E-state index contributed by atoms with van der Waals surface area (Å²) in [6.45, 7) is 2.41.